The minimum absolute atomic E-state index is 0.191. The second kappa shape index (κ2) is 5.80. The molecule has 0 aromatic heterocycles. The molecule has 8 nitrogen and oxygen atoms in total. The molecular weight excluding hydrogens is 271 g/mol. The fourth-order valence-electron chi connectivity index (χ4n) is 1.92. The molecular formula is C11H13FN4O4. The number of nitrogens with zero attached hydrogens (tertiary/aromatic N) is 1. The normalized spacial score (nSPS) is 17.8. The Morgan fingerprint density at radius 2 is 2.30 bits per heavy atom. The summed E-state index contributed by atoms with van der Waals surface area (Å²) in [6.07, 6.45) is 0.628. The lowest BCUT2D eigenvalue weighted by atomic mass is 10.1. The van der Waals surface area contributed by atoms with Crippen LogP contribution in [0.2, 0.25) is 0 Å². The predicted octanol–water partition coefficient (Wildman–Crippen LogP) is 0.538. The van der Waals surface area contributed by atoms with Crippen LogP contribution in [0.5, 0.6) is 0 Å². The highest BCUT2D eigenvalue weighted by atomic mass is 19.1. The van der Waals surface area contributed by atoms with Crippen LogP contribution in [-0.2, 0) is 4.74 Å². The van der Waals surface area contributed by atoms with Crippen molar-refractivity contribution in [2.75, 3.05) is 18.6 Å². The maximum atomic E-state index is 13.5. The summed E-state index contributed by atoms with van der Waals surface area (Å²) in [6.45, 7) is 0.870. The van der Waals surface area contributed by atoms with E-state index in [-0.39, 0.29) is 17.3 Å². The molecule has 0 radical (unpaired) electrons. The highest BCUT2D eigenvalue weighted by Gasteiger charge is 2.26. The fourth-order valence-corrected chi connectivity index (χ4v) is 1.92. The molecule has 1 atom stereocenters. The molecule has 1 unspecified atom stereocenters. The number of hydrazine groups is 1. The lowest BCUT2D eigenvalue weighted by Gasteiger charge is -2.12. The van der Waals surface area contributed by atoms with E-state index in [0.717, 1.165) is 6.07 Å². The van der Waals surface area contributed by atoms with Crippen LogP contribution in [0.25, 0.3) is 0 Å². The summed E-state index contributed by atoms with van der Waals surface area (Å²) in [4.78, 5) is 22.1. The molecule has 4 N–H and O–H groups in total. The van der Waals surface area contributed by atoms with E-state index < -0.39 is 22.3 Å². The molecule has 2 rings (SSSR count). The summed E-state index contributed by atoms with van der Waals surface area (Å²) in [6, 6.07) is 1.47. The van der Waals surface area contributed by atoms with Gasteiger partial charge in [-0.2, -0.15) is 0 Å². The van der Waals surface area contributed by atoms with Crippen molar-refractivity contribution in [1.29, 1.82) is 0 Å². The summed E-state index contributed by atoms with van der Waals surface area (Å²) in [5.41, 5.74) is 0.990. The molecule has 1 amide bonds. The molecule has 1 heterocycles. The molecule has 1 aromatic carbocycles. The third kappa shape index (κ3) is 2.83. The number of hydrogen-bond acceptors (Lipinski definition) is 6. The van der Waals surface area contributed by atoms with E-state index in [9.17, 15) is 19.3 Å². The lowest BCUT2D eigenvalue weighted by Crippen LogP contribution is -2.35. The zero-order valence-corrected chi connectivity index (χ0v) is 10.4. The fraction of sp³-hybridized carbons (Fsp3) is 0.364. The van der Waals surface area contributed by atoms with Crippen molar-refractivity contribution < 1.29 is 18.8 Å². The Hall–Kier alpha value is -2.26. The number of amides is 1. The Morgan fingerprint density at radius 3 is 2.85 bits per heavy atom. The summed E-state index contributed by atoms with van der Waals surface area (Å²) in [5.74, 6) is 3.53. The first-order valence-corrected chi connectivity index (χ1v) is 5.86. The average molecular weight is 284 g/mol. The van der Waals surface area contributed by atoms with Gasteiger partial charge in [0.1, 0.15) is 5.56 Å². The summed E-state index contributed by atoms with van der Waals surface area (Å²) >= 11 is 0. The van der Waals surface area contributed by atoms with Gasteiger partial charge in [0.15, 0.2) is 5.82 Å². The zero-order chi connectivity index (χ0) is 14.7. The predicted molar refractivity (Wildman–Crippen MR) is 67.6 cm³/mol. The van der Waals surface area contributed by atoms with Gasteiger partial charge in [0.25, 0.3) is 11.6 Å². The van der Waals surface area contributed by atoms with Crippen LogP contribution < -0.4 is 16.6 Å². The van der Waals surface area contributed by atoms with Gasteiger partial charge in [-0.1, -0.05) is 0 Å². The van der Waals surface area contributed by atoms with Crippen LogP contribution in [0.1, 0.15) is 16.8 Å². The van der Waals surface area contributed by atoms with E-state index in [1.807, 2.05) is 5.43 Å². The van der Waals surface area contributed by atoms with Gasteiger partial charge in [0.2, 0.25) is 0 Å². The topological polar surface area (TPSA) is 120 Å². The van der Waals surface area contributed by atoms with Gasteiger partial charge in [0.05, 0.1) is 29.3 Å². The average Bonchev–Trinajstić information content (AvgIpc) is 2.90. The monoisotopic (exact) mass is 284 g/mol. The molecule has 1 saturated heterocycles. The zero-order valence-electron chi connectivity index (χ0n) is 10.4. The van der Waals surface area contributed by atoms with Gasteiger partial charge in [-0.25, -0.2) is 4.39 Å². The molecule has 1 aliphatic rings. The lowest BCUT2D eigenvalue weighted by molar-refractivity contribution is -0.385. The summed E-state index contributed by atoms with van der Waals surface area (Å²) in [5, 5.41) is 13.5. The summed E-state index contributed by atoms with van der Waals surface area (Å²) in [7, 11) is 0. The van der Waals surface area contributed by atoms with Crippen LogP contribution in [0, 0.1) is 15.9 Å². The highest BCUT2D eigenvalue weighted by molar-refractivity contribution is 5.99. The van der Waals surface area contributed by atoms with Crippen LogP contribution >= 0.6 is 0 Å². The van der Waals surface area contributed by atoms with Gasteiger partial charge >= 0.3 is 0 Å². The van der Waals surface area contributed by atoms with Gasteiger partial charge in [-0.3, -0.25) is 20.8 Å². The Kier molecular flexibility index (Phi) is 4.11. The Labute approximate surface area is 113 Å². The number of nitrogens with two attached hydrogens (primary N) is 1. The number of ether oxygens (including phenoxy) is 1. The molecule has 20 heavy (non-hydrogen) atoms. The van der Waals surface area contributed by atoms with Crippen molar-refractivity contribution in [3.05, 3.63) is 33.6 Å². The number of carbonyl (C=O) groups is 1. The number of benzene rings is 1. The molecule has 1 aromatic rings. The van der Waals surface area contributed by atoms with E-state index >= 15 is 0 Å². The quantitative estimate of drug-likeness (QED) is 0.421. The molecule has 0 saturated carbocycles. The minimum atomic E-state index is -0.903. The van der Waals surface area contributed by atoms with Gasteiger partial charge in [-0.05, 0) is 12.5 Å². The third-order valence-corrected chi connectivity index (χ3v) is 2.95. The van der Waals surface area contributed by atoms with Crippen LogP contribution in [-0.4, -0.2) is 30.1 Å². The molecule has 0 aliphatic carbocycles. The van der Waals surface area contributed by atoms with E-state index in [1.165, 1.54) is 0 Å². The smallest absolute Gasteiger partial charge is 0.285 e. The third-order valence-electron chi connectivity index (χ3n) is 2.95. The highest BCUT2D eigenvalue weighted by Crippen LogP contribution is 2.26. The van der Waals surface area contributed by atoms with Crippen molar-refractivity contribution in [3.8, 4) is 0 Å². The number of hydrogen-bond donors (Lipinski definition) is 3. The molecule has 108 valence electrons. The number of nitrogens with one attached hydrogen (secondary N) is 2. The van der Waals surface area contributed by atoms with Crippen molar-refractivity contribution in [2.24, 2.45) is 5.84 Å². The van der Waals surface area contributed by atoms with Crippen LogP contribution in [0.15, 0.2) is 12.1 Å². The number of nitro benzene ring substituents is 1. The van der Waals surface area contributed by atoms with E-state index in [0.29, 0.717) is 25.7 Å². The molecule has 1 aliphatic heterocycles. The number of anilines is 1. The maximum absolute atomic E-state index is 13.5. The Morgan fingerprint density at radius 1 is 1.55 bits per heavy atom. The maximum Gasteiger partial charge on any atom is 0.285 e. The number of rotatable bonds is 4. The van der Waals surface area contributed by atoms with E-state index in [4.69, 9.17) is 10.6 Å². The van der Waals surface area contributed by atoms with E-state index in [2.05, 4.69) is 5.32 Å². The molecule has 1 fully saturated rings. The van der Waals surface area contributed by atoms with Gasteiger partial charge in [-0.15, -0.1) is 0 Å². The second-order valence-corrected chi connectivity index (χ2v) is 4.28. The van der Waals surface area contributed by atoms with Crippen molar-refractivity contribution in [3.63, 3.8) is 0 Å². The molecule has 9 heteroatoms. The Balaban J connectivity index is 2.32. The second-order valence-electron chi connectivity index (χ2n) is 4.28. The number of halogens is 1. The first kappa shape index (κ1) is 14.2. The van der Waals surface area contributed by atoms with Crippen LogP contribution in [0.4, 0.5) is 15.8 Å². The van der Waals surface area contributed by atoms with E-state index in [1.54, 1.807) is 0 Å². The minimum Gasteiger partial charge on any atom is -0.379 e. The largest absolute Gasteiger partial charge is 0.379 e. The number of nitrogen functional groups attached to an aromatic ring is 1. The van der Waals surface area contributed by atoms with Crippen molar-refractivity contribution >= 4 is 17.3 Å². The number of nitro groups is 1. The first-order chi connectivity index (χ1) is 9.52. The standard InChI is InChI=1S/C11H13FN4O4/c12-8-4-10(16(18)19)7(3-9(8)15-13)11(17)14-6-1-2-20-5-6/h3-4,6,15H,1-2,5,13H2,(H,14,17). The molecule has 0 bridgehead atoms. The Bertz CT molecular complexity index is 545. The first-order valence-electron chi connectivity index (χ1n) is 5.86. The number of carbonyl (C=O) groups excluding carboxylic acids is 1. The van der Waals surface area contributed by atoms with Crippen molar-refractivity contribution in [1.82, 2.24) is 5.32 Å². The van der Waals surface area contributed by atoms with Crippen LogP contribution in [0.3, 0.4) is 0 Å². The van der Waals surface area contributed by atoms with Gasteiger partial charge < -0.3 is 15.5 Å². The van der Waals surface area contributed by atoms with Crippen molar-refractivity contribution in [2.45, 2.75) is 12.5 Å². The summed E-state index contributed by atoms with van der Waals surface area (Å²) < 4.78 is 18.6. The SMILES string of the molecule is NNc1cc(C(=O)NC2CCOC2)c([N+](=O)[O-])cc1F. The van der Waals surface area contributed by atoms with Gasteiger partial charge in [0, 0.05) is 6.61 Å². The molecule has 0 spiro atoms.